The number of hydrogen-bond donors (Lipinski definition) is 1. The first-order valence-corrected chi connectivity index (χ1v) is 3.13. The summed E-state index contributed by atoms with van der Waals surface area (Å²) in [5, 5.41) is 2.26. The summed E-state index contributed by atoms with van der Waals surface area (Å²) in [5.41, 5.74) is -1.96. The molecule has 0 radical (unpaired) electrons. The molecular weight excluding hydrogens is 140 g/mol. The molecule has 4 heteroatoms. The average Bonchev–Trinajstić information content (AvgIpc) is 2.19. The molecule has 10 heavy (non-hydrogen) atoms. The van der Waals surface area contributed by atoms with Crippen molar-refractivity contribution in [1.29, 1.82) is 0 Å². The molecule has 1 N–H and O–H groups in total. The number of amides is 1. The standard InChI is InChI=1S/C6H9F2NO/c1-4-5(10)9-3-6(4,8)2-7/h4H,2-3H2,1H3,(H,9,10). The Labute approximate surface area is 57.6 Å². The van der Waals surface area contributed by atoms with Gasteiger partial charge in [0.2, 0.25) is 5.91 Å². The molecule has 0 saturated carbocycles. The molecule has 1 amide bonds. The van der Waals surface area contributed by atoms with Crippen LogP contribution in [0.4, 0.5) is 8.78 Å². The van der Waals surface area contributed by atoms with Crippen LogP contribution in [0, 0.1) is 5.92 Å². The molecule has 0 aromatic carbocycles. The van der Waals surface area contributed by atoms with Gasteiger partial charge in [0.1, 0.15) is 6.67 Å². The average molecular weight is 149 g/mol. The van der Waals surface area contributed by atoms with E-state index < -0.39 is 24.2 Å². The highest BCUT2D eigenvalue weighted by molar-refractivity contribution is 5.82. The number of rotatable bonds is 1. The summed E-state index contributed by atoms with van der Waals surface area (Å²) in [7, 11) is 0. The van der Waals surface area contributed by atoms with Gasteiger partial charge in [0.15, 0.2) is 5.67 Å². The molecule has 0 aliphatic carbocycles. The SMILES string of the molecule is CC1C(=O)NCC1(F)CF. The lowest BCUT2D eigenvalue weighted by molar-refractivity contribution is -0.123. The number of carbonyl (C=O) groups excluding carboxylic acids is 1. The van der Waals surface area contributed by atoms with Gasteiger partial charge < -0.3 is 5.32 Å². The van der Waals surface area contributed by atoms with E-state index in [0.29, 0.717) is 0 Å². The molecule has 1 heterocycles. The van der Waals surface area contributed by atoms with Crippen LogP contribution in [0.3, 0.4) is 0 Å². The number of hydrogen-bond acceptors (Lipinski definition) is 1. The van der Waals surface area contributed by atoms with Gasteiger partial charge in [0.25, 0.3) is 0 Å². The van der Waals surface area contributed by atoms with E-state index in [1.165, 1.54) is 6.92 Å². The smallest absolute Gasteiger partial charge is 0.226 e. The van der Waals surface area contributed by atoms with Crippen LogP contribution in [0.1, 0.15) is 6.92 Å². The first-order valence-electron chi connectivity index (χ1n) is 3.13. The van der Waals surface area contributed by atoms with Gasteiger partial charge in [0.05, 0.1) is 12.5 Å². The highest BCUT2D eigenvalue weighted by Crippen LogP contribution is 2.27. The van der Waals surface area contributed by atoms with Crippen LogP contribution in [-0.4, -0.2) is 24.8 Å². The molecular formula is C6H9F2NO. The normalized spacial score (nSPS) is 39.9. The highest BCUT2D eigenvalue weighted by atomic mass is 19.2. The summed E-state index contributed by atoms with van der Waals surface area (Å²) in [6, 6.07) is 0. The van der Waals surface area contributed by atoms with Gasteiger partial charge in [-0.1, -0.05) is 6.92 Å². The first-order chi connectivity index (χ1) is 4.60. The van der Waals surface area contributed by atoms with Crippen molar-refractivity contribution in [3.8, 4) is 0 Å². The second-order valence-electron chi connectivity index (χ2n) is 2.61. The Balaban J connectivity index is 2.73. The van der Waals surface area contributed by atoms with E-state index in [9.17, 15) is 13.6 Å². The molecule has 1 rings (SSSR count). The minimum Gasteiger partial charge on any atom is -0.352 e. The van der Waals surface area contributed by atoms with E-state index in [0.717, 1.165) is 0 Å². The molecule has 1 fully saturated rings. The van der Waals surface area contributed by atoms with Crippen molar-refractivity contribution in [2.45, 2.75) is 12.6 Å². The molecule has 0 aromatic rings. The predicted octanol–water partition coefficient (Wildman–Crippen LogP) is 0.430. The maximum absolute atomic E-state index is 13.0. The summed E-state index contributed by atoms with van der Waals surface area (Å²) in [4.78, 5) is 10.6. The van der Waals surface area contributed by atoms with Crippen molar-refractivity contribution >= 4 is 5.91 Å². The van der Waals surface area contributed by atoms with E-state index in [-0.39, 0.29) is 6.54 Å². The van der Waals surface area contributed by atoms with Gasteiger partial charge >= 0.3 is 0 Å². The zero-order valence-electron chi connectivity index (χ0n) is 5.66. The van der Waals surface area contributed by atoms with Crippen LogP contribution in [0.2, 0.25) is 0 Å². The lowest BCUT2D eigenvalue weighted by Gasteiger charge is -2.16. The largest absolute Gasteiger partial charge is 0.352 e. The van der Waals surface area contributed by atoms with Gasteiger partial charge in [-0.2, -0.15) is 0 Å². The number of nitrogens with one attached hydrogen (secondary N) is 1. The summed E-state index contributed by atoms with van der Waals surface area (Å²) < 4.78 is 25.0. The Morgan fingerprint density at radius 3 is 2.70 bits per heavy atom. The summed E-state index contributed by atoms with van der Waals surface area (Å²) in [5.74, 6) is -1.25. The van der Waals surface area contributed by atoms with Gasteiger partial charge in [-0.3, -0.25) is 4.79 Å². The van der Waals surface area contributed by atoms with Gasteiger partial charge in [0, 0.05) is 0 Å². The monoisotopic (exact) mass is 149 g/mol. The zero-order chi connectivity index (χ0) is 7.78. The van der Waals surface area contributed by atoms with Crippen LogP contribution in [0.25, 0.3) is 0 Å². The van der Waals surface area contributed by atoms with Crippen molar-refractivity contribution in [3.63, 3.8) is 0 Å². The zero-order valence-corrected chi connectivity index (χ0v) is 5.66. The van der Waals surface area contributed by atoms with Crippen LogP contribution in [0.5, 0.6) is 0 Å². The lowest BCUT2D eigenvalue weighted by atomic mass is 9.96. The molecule has 0 spiro atoms. The molecule has 1 saturated heterocycles. The molecule has 0 aromatic heterocycles. The predicted molar refractivity (Wildman–Crippen MR) is 32.0 cm³/mol. The van der Waals surface area contributed by atoms with Crippen molar-refractivity contribution < 1.29 is 13.6 Å². The molecule has 1 aliphatic heterocycles. The third-order valence-electron chi connectivity index (χ3n) is 1.95. The Bertz CT molecular complexity index is 162. The van der Waals surface area contributed by atoms with E-state index in [1.54, 1.807) is 0 Å². The molecule has 2 atom stereocenters. The quantitative estimate of drug-likeness (QED) is 0.575. The van der Waals surface area contributed by atoms with Gasteiger partial charge in [-0.05, 0) is 0 Å². The van der Waals surface area contributed by atoms with E-state index >= 15 is 0 Å². The second-order valence-corrected chi connectivity index (χ2v) is 2.61. The number of halogens is 2. The molecule has 2 unspecified atom stereocenters. The molecule has 0 bridgehead atoms. The molecule has 1 aliphatic rings. The van der Waals surface area contributed by atoms with Crippen LogP contribution in [0.15, 0.2) is 0 Å². The minimum absolute atomic E-state index is 0.191. The maximum atomic E-state index is 13.0. The second kappa shape index (κ2) is 2.18. The lowest BCUT2D eigenvalue weighted by Crippen LogP contribution is -2.34. The maximum Gasteiger partial charge on any atom is 0.226 e. The number of carbonyl (C=O) groups is 1. The van der Waals surface area contributed by atoms with E-state index in [4.69, 9.17) is 0 Å². The Hall–Kier alpha value is -0.670. The topological polar surface area (TPSA) is 29.1 Å². The Kier molecular flexibility index (Phi) is 1.62. The minimum atomic E-state index is -1.96. The highest BCUT2D eigenvalue weighted by Gasteiger charge is 2.46. The summed E-state index contributed by atoms with van der Waals surface area (Å²) in [6.45, 7) is 0.109. The Morgan fingerprint density at radius 1 is 1.90 bits per heavy atom. The summed E-state index contributed by atoms with van der Waals surface area (Å²) >= 11 is 0. The van der Waals surface area contributed by atoms with Gasteiger partial charge in [-0.15, -0.1) is 0 Å². The fourth-order valence-corrected chi connectivity index (χ4v) is 0.938. The van der Waals surface area contributed by atoms with Crippen LogP contribution < -0.4 is 5.32 Å². The fourth-order valence-electron chi connectivity index (χ4n) is 0.938. The molecule has 2 nitrogen and oxygen atoms in total. The van der Waals surface area contributed by atoms with Crippen molar-refractivity contribution in [2.24, 2.45) is 5.92 Å². The van der Waals surface area contributed by atoms with Crippen LogP contribution in [-0.2, 0) is 4.79 Å². The van der Waals surface area contributed by atoms with Gasteiger partial charge in [-0.25, -0.2) is 8.78 Å². The Morgan fingerprint density at radius 2 is 2.50 bits per heavy atom. The first kappa shape index (κ1) is 7.44. The third kappa shape index (κ3) is 0.874. The third-order valence-corrected chi connectivity index (χ3v) is 1.95. The van der Waals surface area contributed by atoms with E-state index in [2.05, 4.69) is 5.32 Å². The van der Waals surface area contributed by atoms with Crippen molar-refractivity contribution in [3.05, 3.63) is 0 Å². The van der Waals surface area contributed by atoms with E-state index in [1.807, 2.05) is 0 Å². The number of alkyl halides is 2. The van der Waals surface area contributed by atoms with Crippen molar-refractivity contribution in [2.75, 3.05) is 13.2 Å². The van der Waals surface area contributed by atoms with Crippen molar-refractivity contribution in [1.82, 2.24) is 5.32 Å². The fraction of sp³-hybridized carbons (Fsp3) is 0.833. The summed E-state index contributed by atoms with van der Waals surface area (Å²) in [6.07, 6.45) is 0. The molecule has 58 valence electrons. The van der Waals surface area contributed by atoms with Crippen LogP contribution >= 0.6 is 0 Å².